The van der Waals surface area contributed by atoms with Crippen LogP contribution in [0.2, 0.25) is 0 Å². The maximum atomic E-state index is 12.7. The molecular weight excluding hydrogens is 462 g/mol. The van der Waals surface area contributed by atoms with E-state index in [9.17, 15) is 9.59 Å². The first-order valence-corrected chi connectivity index (χ1v) is 11.6. The fourth-order valence-electron chi connectivity index (χ4n) is 3.12. The van der Waals surface area contributed by atoms with Gasteiger partial charge in [0.05, 0.1) is 5.56 Å². The van der Waals surface area contributed by atoms with Crippen LogP contribution in [-0.2, 0) is 5.41 Å². The van der Waals surface area contributed by atoms with Gasteiger partial charge in [-0.05, 0) is 59.6 Å². The van der Waals surface area contributed by atoms with Crippen molar-refractivity contribution in [2.45, 2.75) is 26.2 Å². The Hall–Kier alpha value is -3.91. The van der Waals surface area contributed by atoms with Crippen LogP contribution < -0.4 is 25.6 Å². The van der Waals surface area contributed by atoms with Crippen molar-refractivity contribution >= 4 is 29.1 Å². The number of carbonyl (C=O) groups excluding carboxylic acids is 2. The van der Waals surface area contributed by atoms with E-state index >= 15 is 0 Å². The van der Waals surface area contributed by atoms with Crippen LogP contribution in [0.15, 0.2) is 78.9 Å². The van der Waals surface area contributed by atoms with E-state index in [1.54, 1.807) is 36.4 Å². The third kappa shape index (κ3) is 7.82. The summed E-state index contributed by atoms with van der Waals surface area (Å²) < 4.78 is 11.3. The average Bonchev–Trinajstić information content (AvgIpc) is 2.85. The lowest BCUT2D eigenvalue weighted by atomic mass is 9.87. The largest absolute Gasteiger partial charge is 0.490 e. The summed E-state index contributed by atoms with van der Waals surface area (Å²) in [7, 11) is 0. The third-order valence-corrected chi connectivity index (χ3v) is 5.22. The summed E-state index contributed by atoms with van der Waals surface area (Å²) in [4.78, 5) is 25.1. The van der Waals surface area contributed by atoms with Crippen LogP contribution in [0.4, 0.5) is 0 Å². The molecular formula is C27H29N3O4S. The van der Waals surface area contributed by atoms with E-state index in [0.29, 0.717) is 23.5 Å². The molecule has 0 saturated heterocycles. The number of benzene rings is 3. The first-order valence-electron chi connectivity index (χ1n) is 11.2. The minimum atomic E-state index is -0.467. The van der Waals surface area contributed by atoms with Gasteiger partial charge in [0.25, 0.3) is 11.8 Å². The number of rotatable bonds is 7. The van der Waals surface area contributed by atoms with Gasteiger partial charge in [-0.3, -0.25) is 25.8 Å². The Labute approximate surface area is 210 Å². The fourth-order valence-corrected chi connectivity index (χ4v) is 3.26. The summed E-state index contributed by atoms with van der Waals surface area (Å²) in [5.41, 5.74) is 6.94. The van der Waals surface area contributed by atoms with E-state index in [4.69, 9.17) is 21.7 Å². The molecule has 3 N–H and O–H groups in total. The van der Waals surface area contributed by atoms with Crippen molar-refractivity contribution in [3.63, 3.8) is 0 Å². The fraction of sp³-hybridized carbons (Fsp3) is 0.222. The molecule has 2 amide bonds. The van der Waals surface area contributed by atoms with Crippen molar-refractivity contribution in [3.05, 3.63) is 95.6 Å². The number of hydrogen-bond acceptors (Lipinski definition) is 5. The van der Waals surface area contributed by atoms with Crippen LogP contribution in [0.5, 0.6) is 11.5 Å². The number of ether oxygens (including phenoxy) is 2. The molecule has 0 fully saturated rings. The van der Waals surface area contributed by atoms with Crippen LogP contribution in [-0.4, -0.2) is 30.1 Å². The Morgan fingerprint density at radius 1 is 0.771 bits per heavy atom. The zero-order valence-electron chi connectivity index (χ0n) is 20.0. The van der Waals surface area contributed by atoms with Crippen LogP contribution >= 0.6 is 12.2 Å². The Bertz CT molecular complexity index is 1160. The maximum Gasteiger partial charge on any atom is 0.269 e. The minimum absolute atomic E-state index is 0.00593. The quantitative estimate of drug-likeness (QED) is 0.258. The highest BCUT2D eigenvalue weighted by molar-refractivity contribution is 7.80. The van der Waals surface area contributed by atoms with E-state index in [1.165, 1.54) is 0 Å². The van der Waals surface area contributed by atoms with Crippen molar-refractivity contribution in [3.8, 4) is 11.5 Å². The molecule has 182 valence electrons. The lowest BCUT2D eigenvalue weighted by molar-refractivity contribution is 0.0933. The van der Waals surface area contributed by atoms with Gasteiger partial charge < -0.3 is 9.47 Å². The lowest BCUT2D eigenvalue weighted by Crippen LogP contribution is -2.48. The highest BCUT2D eigenvalue weighted by Gasteiger charge is 2.16. The zero-order chi connectivity index (χ0) is 25.3. The van der Waals surface area contributed by atoms with Crippen molar-refractivity contribution in [1.82, 2.24) is 16.2 Å². The summed E-state index contributed by atoms with van der Waals surface area (Å²) >= 11 is 5.15. The minimum Gasteiger partial charge on any atom is -0.490 e. The molecule has 0 atom stereocenters. The van der Waals surface area contributed by atoms with Gasteiger partial charge in [0.2, 0.25) is 0 Å². The molecule has 3 aromatic carbocycles. The number of amides is 2. The predicted octanol–water partition coefficient (Wildman–Crippen LogP) is 4.39. The molecule has 0 aromatic heterocycles. The average molecular weight is 492 g/mol. The van der Waals surface area contributed by atoms with Crippen molar-refractivity contribution in [1.29, 1.82) is 0 Å². The summed E-state index contributed by atoms with van der Waals surface area (Å²) in [5, 5.41) is 2.50. The topological polar surface area (TPSA) is 88.7 Å². The summed E-state index contributed by atoms with van der Waals surface area (Å²) in [6.07, 6.45) is 0. The second-order valence-corrected chi connectivity index (χ2v) is 9.10. The van der Waals surface area contributed by atoms with Gasteiger partial charge in [-0.1, -0.05) is 63.2 Å². The monoisotopic (exact) mass is 491 g/mol. The molecule has 0 bridgehead atoms. The maximum absolute atomic E-state index is 12.7. The molecule has 0 heterocycles. The van der Waals surface area contributed by atoms with Gasteiger partial charge in [-0.15, -0.1) is 0 Å². The van der Waals surface area contributed by atoms with E-state index in [-0.39, 0.29) is 23.0 Å². The second-order valence-electron chi connectivity index (χ2n) is 8.70. The number of para-hydroxylation sites is 2. The van der Waals surface area contributed by atoms with Crippen molar-refractivity contribution < 1.29 is 19.1 Å². The molecule has 3 aromatic rings. The highest BCUT2D eigenvalue weighted by Crippen LogP contribution is 2.22. The molecule has 0 aliphatic heterocycles. The molecule has 0 spiro atoms. The molecule has 0 saturated carbocycles. The Morgan fingerprint density at radius 2 is 1.40 bits per heavy atom. The summed E-state index contributed by atoms with van der Waals surface area (Å²) in [6.45, 7) is 6.89. The molecule has 0 aliphatic rings. The highest BCUT2D eigenvalue weighted by atomic mass is 32.1. The van der Waals surface area contributed by atoms with Crippen LogP contribution in [0.1, 0.15) is 47.1 Å². The van der Waals surface area contributed by atoms with E-state index in [2.05, 4.69) is 36.9 Å². The number of hydrogen-bond donors (Lipinski definition) is 3. The summed E-state index contributed by atoms with van der Waals surface area (Å²) in [6, 6.07) is 23.5. The predicted molar refractivity (Wildman–Crippen MR) is 140 cm³/mol. The first kappa shape index (κ1) is 25.7. The number of thiocarbonyl (C=S) groups is 1. The molecule has 0 aliphatic carbocycles. The number of hydrazine groups is 1. The Balaban J connectivity index is 1.48. The van der Waals surface area contributed by atoms with Crippen LogP contribution in [0.3, 0.4) is 0 Å². The standard InChI is InChI=1S/C27H29N3O4S/c1-27(2,3)20-15-13-19(14-16-20)24(31)29-30-26(35)28-25(32)22-11-7-8-12-23(22)34-18-17-33-21-9-5-4-6-10-21/h4-16H,17-18H2,1-3H3,(H,29,31)(H2,28,30,32,35). The Morgan fingerprint density at radius 3 is 2.09 bits per heavy atom. The third-order valence-electron chi connectivity index (χ3n) is 5.01. The van der Waals surface area contributed by atoms with Crippen molar-refractivity contribution in [2.24, 2.45) is 0 Å². The molecule has 35 heavy (non-hydrogen) atoms. The lowest BCUT2D eigenvalue weighted by Gasteiger charge is -2.19. The Kier molecular flexibility index (Phi) is 8.80. The van der Waals surface area contributed by atoms with Gasteiger partial charge >= 0.3 is 0 Å². The SMILES string of the molecule is CC(C)(C)c1ccc(C(=O)NNC(=S)NC(=O)c2ccccc2OCCOc2ccccc2)cc1. The molecule has 0 unspecified atom stereocenters. The second kappa shape index (κ2) is 12.0. The molecule has 3 rings (SSSR count). The van der Waals surface area contributed by atoms with Gasteiger partial charge in [-0.2, -0.15) is 0 Å². The van der Waals surface area contributed by atoms with Crippen LogP contribution in [0, 0.1) is 0 Å². The normalized spacial score (nSPS) is 10.7. The van der Waals surface area contributed by atoms with Gasteiger partial charge in [0.1, 0.15) is 24.7 Å². The zero-order valence-corrected chi connectivity index (χ0v) is 20.8. The van der Waals surface area contributed by atoms with E-state index in [0.717, 1.165) is 11.3 Å². The summed E-state index contributed by atoms with van der Waals surface area (Å²) in [5.74, 6) is 0.299. The van der Waals surface area contributed by atoms with Gasteiger partial charge in [0.15, 0.2) is 5.11 Å². The smallest absolute Gasteiger partial charge is 0.269 e. The molecule has 7 nitrogen and oxygen atoms in total. The first-order chi connectivity index (χ1) is 16.7. The van der Waals surface area contributed by atoms with Gasteiger partial charge in [-0.25, -0.2) is 0 Å². The van der Waals surface area contributed by atoms with Crippen LogP contribution in [0.25, 0.3) is 0 Å². The van der Waals surface area contributed by atoms with Crippen molar-refractivity contribution in [2.75, 3.05) is 13.2 Å². The van der Waals surface area contributed by atoms with E-state index < -0.39 is 5.91 Å². The molecule has 8 heteroatoms. The number of nitrogens with one attached hydrogen (secondary N) is 3. The van der Waals surface area contributed by atoms with E-state index in [1.807, 2.05) is 42.5 Å². The van der Waals surface area contributed by atoms with Gasteiger partial charge in [0, 0.05) is 5.56 Å². The molecule has 0 radical (unpaired) electrons. The number of carbonyl (C=O) groups is 2.